The molecule has 126 valence electrons. The van der Waals surface area contributed by atoms with E-state index in [1.807, 2.05) is 25.5 Å². The summed E-state index contributed by atoms with van der Waals surface area (Å²) in [6, 6.07) is 7.35. The number of amides is 2. The highest BCUT2D eigenvalue weighted by molar-refractivity contribution is 6.04. The van der Waals surface area contributed by atoms with E-state index >= 15 is 0 Å². The summed E-state index contributed by atoms with van der Waals surface area (Å²) in [6.07, 6.45) is 5.58. The molecule has 1 aliphatic rings. The Kier molecular flexibility index (Phi) is 4.13. The second-order valence-electron chi connectivity index (χ2n) is 7.18. The van der Waals surface area contributed by atoms with E-state index < -0.39 is 0 Å². The number of hydrogen-bond donors (Lipinski definition) is 2. The standard InChI is InChI=1S/C18H22N4O2/c1-18(2,3)21-17(24)12-5-4-6-14(9-12)20-16(23)13-10-19-22(11-13)15-7-8-15/h4-6,9-11,15H,7-8H2,1-3H3,(H,20,23)(H,21,24). The summed E-state index contributed by atoms with van der Waals surface area (Å²) in [5.74, 6) is -0.393. The Morgan fingerprint density at radius 1 is 1.17 bits per heavy atom. The third-order valence-electron chi connectivity index (χ3n) is 3.66. The van der Waals surface area contributed by atoms with Gasteiger partial charge in [0.15, 0.2) is 0 Å². The summed E-state index contributed by atoms with van der Waals surface area (Å²) in [7, 11) is 0. The fourth-order valence-electron chi connectivity index (χ4n) is 2.35. The maximum absolute atomic E-state index is 12.3. The molecular weight excluding hydrogens is 304 g/mol. The van der Waals surface area contributed by atoms with E-state index in [2.05, 4.69) is 15.7 Å². The number of nitrogens with zero attached hydrogens (tertiary/aromatic N) is 2. The van der Waals surface area contributed by atoms with Crippen LogP contribution in [0.4, 0.5) is 5.69 Å². The van der Waals surface area contributed by atoms with Crippen molar-refractivity contribution < 1.29 is 9.59 Å². The second kappa shape index (κ2) is 6.11. The predicted molar refractivity (Wildman–Crippen MR) is 92.1 cm³/mol. The second-order valence-corrected chi connectivity index (χ2v) is 7.18. The van der Waals surface area contributed by atoms with Crippen LogP contribution in [0.2, 0.25) is 0 Å². The first-order chi connectivity index (χ1) is 11.3. The Bertz CT molecular complexity index is 769. The molecule has 1 fully saturated rings. The fourth-order valence-corrected chi connectivity index (χ4v) is 2.35. The Morgan fingerprint density at radius 2 is 1.92 bits per heavy atom. The van der Waals surface area contributed by atoms with Crippen LogP contribution in [-0.2, 0) is 0 Å². The van der Waals surface area contributed by atoms with E-state index in [0.717, 1.165) is 12.8 Å². The van der Waals surface area contributed by atoms with Crippen molar-refractivity contribution in [2.75, 3.05) is 5.32 Å². The molecule has 2 N–H and O–H groups in total. The molecular formula is C18H22N4O2. The summed E-state index contributed by atoms with van der Waals surface area (Å²) >= 11 is 0. The Hall–Kier alpha value is -2.63. The first-order valence-electron chi connectivity index (χ1n) is 8.10. The van der Waals surface area contributed by atoms with Crippen LogP contribution >= 0.6 is 0 Å². The third kappa shape index (κ3) is 4.01. The Labute approximate surface area is 141 Å². The van der Waals surface area contributed by atoms with Gasteiger partial charge in [-0.2, -0.15) is 5.10 Å². The molecule has 0 saturated heterocycles. The topological polar surface area (TPSA) is 76.0 Å². The molecule has 0 atom stereocenters. The molecule has 2 aromatic rings. The molecule has 1 heterocycles. The van der Waals surface area contributed by atoms with Crippen molar-refractivity contribution >= 4 is 17.5 Å². The monoisotopic (exact) mass is 326 g/mol. The van der Waals surface area contributed by atoms with E-state index in [1.54, 1.807) is 36.7 Å². The van der Waals surface area contributed by atoms with Gasteiger partial charge in [-0.25, -0.2) is 0 Å². The number of hydrogen-bond acceptors (Lipinski definition) is 3. The summed E-state index contributed by atoms with van der Waals surface area (Å²) in [5, 5.41) is 9.94. The number of carbonyl (C=O) groups excluding carboxylic acids is 2. The molecule has 1 aliphatic carbocycles. The molecule has 24 heavy (non-hydrogen) atoms. The van der Waals surface area contributed by atoms with Gasteiger partial charge in [-0.3, -0.25) is 14.3 Å². The van der Waals surface area contributed by atoms with Gasteiger partial charge in [0.2, 0.25) is 0 Å². The largest absolute Gasteiger partial charge is 0.347 e. The van der Waals surface area contributed by atoms with E-state index in [9.17, 15) is 9.59 Å². The Balaban J connectivity index is 1.69. The van der Waals surface area contributed by atoms with Crippen LogP contribution in [0.5, 0.6) is 0 Å². The van der Waals surface area contributed by atoms with Crippen LogP contribution < -0.4 is 10.6 Å². The van der Waals surface area contributed by atoms with E-state index in [4.69, 9.17) is 0 Å². The number of nitrogens with one attached hydrogen (secondary N) is 2. The van der Waals surface area contributed by atoms with Gasteiger partial charge >= 0.3 is 0 Å². The highest BCUT2D eigenvalue weighted by Crippen LogP contribution is 2.34. The van der Waals surface area contributed by atoms with Crippen molar-refractivity contribution in [3.8, 4) is 0 Å². The maximum Gasteiger partial charge on any atom is 0.258 e. The lowest BCUT2D eigenvalue weighted by atomic mass is 10.1. The highest BCUT2D eigenvalue weighted by atomic mass is 16.2. The third-order valence-corrected chi connectivity index (χ3v) is 3.66. The highest BCUT2D eigenvalue weighted by Gasteiger charge is 2.25. The van der Waals surface area contributed by atoms with E-state index in [0.29, 0.717) is 22.9 Å². The molecule has 0 spiro atoms. The van der Waals surface area contributed by atoms with Crippen molar-refractivity contribution in [3.63, 3.8) is 0 Å². The predicted octanol–water partition coefficient (Wildman–Crippen LogP) is 3.00. The van der Waals surface area contributed by atoms with Gasteiger partial charge in [0.05, 0.1) is 17.8 Å². The van der Waals surface area contributed by atoms with Crippen molar-refractivity contribution in [1.29, 1.82) is 0 Å². The van der Waals surface area contributed by atoms with Crippen molar-refractivity contribution in [1.82, 2.24) is 15.1 Å². The van der Waals surface area contributed by atoms with E-state index in [-0.39, 0.29) is 17.4 Å². The maximum atomic E-state index is 12.3. The minimum absolute atomic E-state index is 0.167. The fraction of sp³-hybridized carbons (Fsp3) is 0.389. The summed E-state index contributed by atoms with van der Waals surface area (Å²) in [5.41, 5.74) is 1.30. The number of anilines is 1. The van der Waals surface area contributed by atoms with Gasteiger partial charge in [-0.1, -0.05) is 6.07 Å². The van der Waals surface area contributed by atoms with Crippen LogP contribution in [0.1, 0.15) is 60.4 Å². The molecule has 0 bridgehead atoms. The smallest absolute Gasteiger partial charge is 0.258 e. The molecule has 6 heteroatoms. The lowest BCUT2D eigenvalue weighted by Gasteiger charge is -2.20. The molecule has 3 rings (SSSR count). The minimum atomic E-state index is -0.312. The SMILES string of the molecule is CC(C)(C)NC(=O)c1cccc(NC(=O)c2cnn(C3CC3)c2)c1. The molecule has 6 nitrogen and oxygen atoms in total. The first kappa shape index (κ1) is 16.2. The zero-order valence-corrected chi connectivity index (χ0v) is 14.2. The number of aromatic nitrogens is 2. The van der Waals surface area contributed by atoms with Gasteiger partial charge in [-0.15, -0.1) is 0 Å². The van der Waals surface area contributed by atoms with E-state index in [1.165, 1.54) is 0 Å². The number of benzene rings is 1. The van der Waals surface area contributed by atoms with Crippen LogP contribution in [0.25, 0.3) is 0 Å². The molecule has 1 aromatic carbocycles. The molecule has 0 radical (unpaired) electrons. The average Bonchev–Trinajstić information content (AvgIpc) is 3.23. The molecule has 1 aromatic heterocycles. The van der Waals surface area contributed by atoms with Crippen molar-refractivity contribution in [2.45, 2.75) is 45.2 Å². The molecule has 0 unspecified atom stereocenters. The summed E-state index contributed by atoms with van der Waals surface area (Å²) in [4.78, 5) is 24.5. The number of rotatable bonds is 4. The van der Waals surface area contributed by atoms with Gasteiger partial charge in [0, 0.05) is 23.0 Å². The number of carbonyl (C=O) groups is 2. The molecule has 2 amide bonds. The normalized spacial score (nSPS) is 14.3. The zero-order valence-electron chi connectivity index (χ0n) is 14.2. The minimum Gasteiger partial charge on any atom is -0.347 e. The van der Waals surface area contributed by atoms with Gasteiger partial charge in [0.25, 0.3) is 11.8 Å². The average molecular weight is 326 g/mol. The van der Waals surface area contributed by atoms with Crippen LogP contribution in [0, 0.1) is 0 Å². The van der Waals surface area contributed by atoms with Crippen molar-refractivity contribution in [3.05, 3.63) is 47.8 Å². The van der Waals surface area contributed by atoms with Crippen LogP contribution in [-0.4, -0.2) is 27.1 Å². The zero-order chi connectivity index (χ0) is 17.3. The lowest BCUT2D eigenvalue weighted by Crippen LogP contribution is -2.40. The van der Waals surface area contributed by atoms with Gasteiger partial charge < -0.3 is 10.6 Å². The van der Waals surface area contributed by atoms with Gasteiger partial charge in [-0.05, 0) is 51.8 Å². The lowest BCUT2D eigenvalue weighted by molar-refractivity contribution is 0.0918. The Morgan fingerprint density at radius 3 is 2.58 bits per heavy atom. The van der Waals surface area contributed by atoms with Crippen LogP contribution in [0.3, 0.4) is 0 Å². The summed E-state index contributed by atoms with van der Waals surface area (Å²) < 4.78 is 1.84. The summed E-state index contributed by atoms with van der Waals surface area (Å²) in [6.45, 7) is 5.77. The molecule has 0 aliphatic heterocycles. The van der Waals surface area contributed by atoms with Crippen molar-refractivity contribution in [2.24, 2.45) is 0 Å². The quantitative estimate of drug-likeness (QED) is 0.907. The van der Waals surface area contributed by atoms with Crippen LogP contribution in [0.15, 0.2) is 36.7 Å². The first-order valence-corrected chi connectivity index (χ1v) is 8.10. The van der Waals surface area contributed by atoms with Gasteiger partial charge in [0.1, 0.15) is 0 Å². The molecule has 1 saturated carbocycles.